The molecule has 8 heteroatoms. The first-order chi connectivity index (χ1) is 16.0. The summed E-state index contributed by atoms with van der Waals surface area (Å²) in [5, 5.41) is 8.97. The van der Waals surface area contributed by atoms with Gasteiger partial charge in [0.25, 0.3) is 0 Å². The molecule has 1 aromatic carbocycles. The zero-order valence-electron chi connectivity index (χ0n) is 18.5. The summed E-state index contributed by atoms with van der Waals surface area (Å²) in [5.41, 5.74) is 1.84. The van der Waals surface area contributed by atoms with E-state index in [-0.39, 0.29) is 24.4 Å². The van der Waals surface area contributed by atoms with Crippen LogP contribution in [-0.4, -0.2) is 51.3 Å². The monoisotopic (exact) mass is 452 g/mol. The molecule has 2 fully saturated rings. The van der Waals surface area contributed by atoms with E-state index in [4.69, 9.17) is 9.84 Å². The van der Waals surface area contributed by atoms with Crippen LogP contribution in [0.4, 0.5) is 10.2 Å². The average Bonchev–Trinajstić information content (AvgIpc) is 3.27. The summed E-state index contributed by atoms with van der Waals surface area (Å²) in [6.45, 7) is 1.78. The Labute approximate surface area is 192 Å². The molecule has 174 valence electrons. The van der Waals surface area contributed by atoms with Crippen LogP contribution in [0.3, 0.4) is 0 Å². The van der Waals surface area contributed by atoms with E-state index in [2.05, 4.69) is 19.9 Å². The molecule has 1 saturated carbocycles. The van der Waals surface area contributed by atoms with Crippen molar-refractivity contribution in [2.45, 2.75) is 57.2 Å². The number of hydrogen-bond donors (Lipinski definition) is 2. The van der Waals surface area contributed by atoms with Gasteiger partial charge in [-0.15, -0.1) is 0 Å². The number of piperidine rings is 1. The molecule has 2 aromatic heterocycles. The van der Waals surface area contributed by atoms with Crippen molar-refractivity contribution >= 4 is 22.8 Å². The molecule has 0 bridgehead atoms. The number of ether oxygens (including phenoxy) is 1. The van der Waals surface area contributed by atoms with Crippen molar-refractivity contribution < 1.29 is 19.0 Å². The second kappa shape index (κ2) is 9.47. The van der Waals surface area contributed by atoms with Gasteiger partial charge in [-0.1, -0.05) is 6.07 Å². The number of aromatic nitrogens is 3. The van der Waals surface area contributed by atoms with Crippen molar-refractivity contribution in [2.24, 2.45) is 5.92 Å². The molecule has 3 aromatic rings. The van der Waals surface area contributed by atoms with Gasteiger partial charge in [-0.05, 0) is 68.7 Å². The fourth-order valence-electron chi connectivity index (χ4n) is 5.06. The fraction of sp³-hybridized carbons (Fsp3) is 0.480. The molecule has 2 aliphatic rings. The highest BCUT2D eigenvalue weighted by atomic mass is 19.1. The summed E-state index contributed by atoms with van der Waals surface area (Å²) < 4.78 is 20.3. The number of halogens is 1. The summed E-state index contributed by atoms with van der Waals surface area (Å²) in [5.74, 6) is 0.808. The molecule has 2 N–H and O–H groups in total. The van der Waals surface area contributed by atoms with Gasteiger partial charge in [0, 0.05) is 31.3 Å². The minimum atomic E-state index is -0.695. The van der Waals surface area contributed by atoms with Gasteiger partial charge in [0.05, 0.1) is 17.7 Å². The van der Waals surface area contributed by atoms with Gasteiger partial charge in [-0.3, -0.25) is 4.79 Å². The Balaban J connectivity index is 1.13. The summed E-state index contributed by atoms with van der Waals surface area (Å²) in [4.78, 5) is 25.3. The first-order valence-corrected chi connectivity index (χ1v) is 11.8. The topological polar surface area (TPSA) is 91.3 Å². The van der Waals surface area contributed by atoms with Crippen LogP contribution in [0.25, 0.3) is 22.4 Å². The molecule has 7 nitrogen and oxygen atoms in total. The molecule has 0 spiro atoms. The van der Waals surface area contributed by atoms with Crippen molar-refractivity contribution in [2.75, 3.05) is 18.0 Å². The van der Waals surface area contributed by atoms with Gasteiger partial charge in [0.1, 0.15) is 17.2 Å². The number of fused-ring (bicyclic) bond motifs is 1. The number of nitrogens with zero attached hydrogens (tertiary/aromatic N) is 3. The van der Waals surface area contributed by atoms with E-state index >= 15 is 0 Å². The molecule has 1 aliphatic carbocycles. The maximum atomic E-state index is 13.9. The van der Waals surface area contributed by atoms with Crippen molar-refractivity contribution in [3.05, 3.63) is 42.3 Å². The van der Waals surface area contributed by atoms with Gasteiger partial charge < -0.3 is 19.7 Å². The number of anilines is 1. The van der Waals surface area contributed by atoms with Crippen LogP contribution in [0.15, 0.2) is 36.5 Å². The lowest BCUT2D eigenvalue weighted by Crippen LogP contribution is -2.39. The Morgan fingerprint density at radius 2 is 1.85 bits per heavy atom. The zero-order chi connectivity index (χ0) is 22.8. The Morgan fingerprint density at radius 1 is 1.09 bits per heavy atom. The highest BCUT2D eigenvalue weighted by molar-refractivity contribution is 5.79. The van der Waals surface area contributed by atoms with Gasteiger partial charge in [0.2, 0.25) is 0 Å². The van der Waals surface area contributed by atoms with Crippen LogP contribution in [0.1, 0.15) is 44.9 Å². The highest BCUT2D eigenvalue weighted by Gasteiger charge is 2.28. The minimum absolute atomic E-state index is 0.256. The standard InChI is InChI=1S/C25H29FN4O3/c26-20-2-1-3-21-24(20)29-25(28-21)17-6-9-22(27-15-17)30-12-10-19(11-13-30)33-18-7-4-16(5-8-18)14-23(31)32/h1-3,6,9,15-16,18-19H,4-5,7-8,10-14H2,(H,28,29)(H,31,32). The Morgan fingerprint density at radius 3 is 2.52 bits per heavy atom. The predicted octanol–water partition coefficient (Wildman–Crippen LogP) is 4.78. The van der Waals surface area contributed by atoms with Crippen LogP contribution in [0, 0.1) is 11.7 Å². The van der Waals surface area contributed by atoms with E-state index in [1.165, 1.54) is 6.07 Å². The maximum Gasteiger partial charge on any atom is 0.303 e. The van der Waals surface area contributed by atoms with Crippen molar-refractivity contribution in [1.82, 2.24) is 15.0 Å². The lowest BCUT2D eigenvalue weighted by atomic mass is 9.85. The van der Waals surface area contributed by atoms with Crippen LogP contribution in [-0.2, 0) is 9.53 Å². The number of aliphatic carboxylic acids is 1. The van der Waals surface area contributed by atoms with Gasteiger partial charge in [-0.2, -0.15) is 0 Å². The number of carboxylic acid groups (broad SMARTS) is 1. The number of carboxylic acids is 1. The first-order valence-electron chi connectivity index (χ1n) is 11.8. The normalized spacial score (nSPS) is 22.0. The van der Waals surface area contributed by atoms with Crippen molar-refractivity contribution in [3.8, 4) is 11.4 Å². The third-order valence-electron chi connectivity index (χ3n) is 6.89. The van der Waals surface area contributed by atoms with E-state index in [1.807, 2.05) is 18.2 Å². The molecule has 0 unspecified atom stereocenters. The van der Waals surface area contributed by atoms with Crippen LogP contribution >= 0.6 is 0 Å². The van der Waals surface area contributed by atoms with Gasteiger partial charge in [0.15, 0.2) is 5.82 Å². The number of imidazole rings is 1. The lowest BCUT2D eigenvalue weighted by Gasteiger charge is -2.36. The molecule has 3 heterocycles. The minimum Gasteiger partial charge on any atom is -0.481 e. The smallest absolute Gasteiger partial charge is 0.303 e. The van der Waals surface area contributed by atoms with E-state index < -0.39 is 5.97 Å². The van der Waals surface area contributed by atoms with E-state index in [1.54, 1.807) is 12.3 Å². The van der Waals surface area contributed by atoms with E-state index in [0.717, 1.165) is 63.0 Å². The largest absolute Gasteiger partial charge is 0.481 e. The van der Waals surface area contributed by atoms with Gasteiger partial charge >= 0.3 is 5.97 Å². The predicted molar refractivity (Wildman–Crippen MR) is 124 cm³/mol. The number of nitrogens with one attached hydrogen (secondary N) is 1. The van der Waals surface area contributed by atoms with Crippen molar-refractivity contribution in [1.29, 1.82) is 0 Å². The van der Waals surface area contributed by atoms with Gasteiger partial charge in [-0.25, -0.2) is 14.4 Å². The fourth-order valence-corrected chi connectivity index (χ4v) is 5.06. The molecular formula is C25H29FN4O3. The number of aromatic amines is 1. The quantitative estimate of drug-likeness (QED) is 0.559. The number of carbonyl (C=O) groups is 1. The summed E-state index contributed by atoms with van der Waals surface area (Å²) in [6, 6.07) is 8.84. The second-order valence-corrected chi connectivity index (χ2v) is 9.19. The molecule has 0 atom stereocenters. The summed E-state index contributed by atoms with van der Waals surface area (Å²) >= 11 is 0. The molecule has 0 amide bonds. The first kappa shape index (κ1) is 21.8. The highest BCUT2D eigenvalue weighted by Crippen LogP contribution is 2.31. The molecule has 1 saturated heterocycles. The molecule has 33 heavy (non-hydrogen) atoms. The van der Waals surface area contributed by atoms with Crippen LogP contribution in [0.5, 0.6) is 0 Å². The zero-order valence-corrected chi connectivity index (χ0v) is 18.5. The maximum absolute atomic E-state index is 13.9. The number of para-hydroxylation sites is 1. The Hall–Kier alpha value is -3.00. The molecule has 0 radical (unpaired) electrons. The molecule has 5 rings (SSSR count). The second-order valence-electron chi connectivity index (χ2n) is 9.19. The number of benzene rings is 1. The van der Waals surface area contributed by atoms with Crippen LogP contribution < -0.4 is 4.90 Å². The number of pyridine rings is 1. The molecular weight excluding hydrogens is 423 g/mol. The third-order valence-corrected chi connectivity index (χ3v) is 6.89. The molecule has 1 aliphatic heterocycles. The van der Waals surface area contributed by atoms with E-state index in [0.29, 0.717) is 22.8 Å². The Kier molecular flexibility index (Phi) is 6.26. The lowest BCUT2D eigenvalue weighted by molar-refractivity contribution is -0.138. The Bertz CT molecular complexity index is 1100. The van der Waals surface area contributed by atoms with Crippen molar-refractivity contribution in [3.63, 3.8) is 0 Å². The number of H-pyrrole nitrogens is 1. The van der Waals surface area contributed by atoms with E-state index in [9.17, 15) is 9.18 Å². The van der Waals surface area contributed by atoms with Crippen LogP contribution in [0.2, 0.25) is 0 Å². The number of rotatable bonds is 6. The average molecular weight is 453 g/mol. The third kappa shape index (κ3) is 5.00. The summed E-state index contributed by atoms with van der Waals surface area (Å²) in [6.07, 6.45) is 8.33. The number of hydrogen-bond acceptors (Lipinski definition) is 5. The SMILES string of the molecule is O=C(O)CC1CCC(OC2CCN(c3ccc(-c4nc5c(F)cccc5[nH]4)cn3)CC2)CC1. The summed E-state index contributed by atoms with van der Waals surface area (Å²) in [7, 11) is 0.